The van der Waals surface area contributed by atoms with Crippen LogP contribution in [0.1, 0.15) is 16.1 Å². The molecule has 1 aromatic heterocycles. The van der Waals surface area contributed by atoms with Crippen LogP contribution in [0.2, 0.25) is 0 Å². The van der Waals surface area contributed by atoms with Crippen molar-refractivity contribution < 1.29 is 9.21 Å². The van der Waals surface area contributed by atoms with E-state index in [0.717, 1.165) is 0 Å². The molecule has 17 heavy (non-hydrogen) atoms. The van der Waals surface area contributed by atoms with Gasteiger partial charge in [0.05, 0.1) is 23.6 Å². The van der Waals surface area contributed by atoms with Crippen LogP contribution in [0.3, 0.4) is 0 Å². The SMILES string of the molecule is N#Cc1ccc(NC(=O)c2ccco2)c(Br)c1. The van der Waals surface area contributed by atoms with E-state index < -0.39 is 0 Å². The number of furan rings is 1. The molecule has 1 amide bonds. The monoisotopic (exact) mass is 290 g/mol. The van der Waals surface area contributed by atoms with Gasteiger partial charge in [-0.05, 0) is 46.3 Å². The third-order valence-corrected chi connectivity index (χ3v) is 2.75. The highest BCUT2D eigenvalue weighted by molar-refractivity contribution is 9.10. The molecule has 0 unspecified atom stereocenters. The van der Waals surface area contributed by atoms with Crippen molar-refractivity contribution in [1.82, 2.24) is 0 Å². The van der Waals surface area contributed by atoms with E-state index in [1.807, 2.05) is 6.07 Å². The Labute approximate surface area is 106 Å². The van der Waals surface area contributed by atoms with Crippen LogP contribution in [-0.2, 0) is 0 Å². The van der Waals surface area contributed by atoms with Gasteiger partial charge >= 0.3 is 0 Å². The van der Waals surface area contributed by atoms with Crippen molar-refractivity contribution in [2.45, 2.75) is 0 Å². The third kappa shape index (κ3) is 2.55. The second-order valence-corrected chi connectivity index (χ2v) is 4.09. The summed E-state index contributed by atoms with van der Waals surface area (Å²) in [5.41, 5.74) is 1.11. The number of rotatable bonds is 2. The maximum absolute atomic E-state index is 11.7. The quantitative estimate of drug-likeness (QED) is 0.924. The molecule has 1 aromatic carbocycles. The van der Waals surface area contributed by atoms with E-state index in [4.69, 9.17) is 9.68 Å². The Hall–Kier alpha value is -2.06. The van der Waals surface area contributed by atoms with Crippen LogP contribution < -0.4 is 5.32 Å². The Morgan fingerprint density at radius 1 is 1.41 bits per heavy atom. The van der Waals surface area contributed by atoms with Crippen LogP contribution in [0.4, 0.5) is 5.69 Å². The fourth-order valence-electron chi connectivity index (χ4n) is 1.28. The molecular weight excluding hydrogens is 284 g/mol. The molecule has 0 saturated carbocycles. The first-order valence-corrected chi connectivity index (χ1v) is 5.54. The van der Waals surface area contributed by atoms with Crippen LogP contribution in [0, 0.1) is 11.3 Å². The Morgan fingerprint density at radius 2 is 2.24 bits per heavy atom. The molecule has 0 bridgehead atoms. The van der Waals surface area contributed by atoms with Crippen molar-refractivity contribution in [3.63, 3.8) is 0 Å². The molecule has 0 fully saturated rings. The summed E-state index contributed by atoms with van der Waals surface area (Å²) in [5.74, 6) is -0.0957. The molecule has 0 aliphatic carbocycles. The van der Waals surface area contributed by atoms with E-state index in [1.54, 1.807) is 30.3 Å². The highest BCUT2D eigenvalue weighted by Gasteiger charge is 2.10. The molecule has 0 spiro atoms. The number of anilines is 1. The fourth-order valence-corrected chi connectivity index (χ4v) is 1.76. The number of halogens is 1. The van der Waals surface area contributed by atoms with Crippen molar-refractivity contribution in [2.75, 3.05) is 5.32 Å². The van der Waals surface area contributed by atoms with Gasteiger partial charge in [0.15, 0.2) is 5.76 Å². The number of amides is 1. The van der Waals surface area contributed by atoms with Gasteiger partial charge in [0, 0.05) is 4.47 Å². The van der Waals surface area contributed by atoms with E-state index in [0.29, 0.717) is 15.7 Å². The first-order valence-electron chi connectivity index (χ1n) is 4.75. The second-order valence-electron chi connectivity index (χ2n) is 3.24. The van der Waals surface area contributed by atoms with Crippen molar-refractivity contribution in [3.05, 3.63) is 52.4 Å². The summed E-state index contributed by atoms with van der Waals surface area (Å²) in [6.45, 7) is 0. The number of hydrogen-bond donors (Lipinski definition) is 1. The van der Waals surface area contributed by atoms with Gasteiger partial charge in [-0.1, -0.05) is 0 Å². The van der Waals surface area contributed by atoms with Gasteiger partial charge in [-0.2, -0.15) is 5.26 Å². The largest absolute Gasteiger partial charge is 0.459 e. The molecule has 0 radical (unpaired) electrons. The topological polar surface area (TPSA) is 66.0 Å². The minimum Gasteiger partial charge on any atom is -0.459 e. The van der Waals surface area contributed by atoms with E-state index in [-0.39, 0.29) is 11.7 Å². The highest BCUT2D eigenvalue weighted by atomic mass is 79.9. The van der Waals surface area contributed by atoms with Crippen LogP contribution in [0.15, 0.2) is 45.5 Å². The number of nitrogens with one attached hydrogen (secondary N) is 1. The van der Waals surface area contributed by atoms with Crippen molar-refractivity contribution in [3.8, 4) is 6.07 Å². The van der Waals surface area contributed by atoms with Gasteiger partial charge in [-0.3, -0.25) is 4.79 Å². The number of carbonyl (C=O) groups is 1. The first-order chi connectivity index (χ1) is 8.20. The highest BCUT2D eigenvalue weighted by Crippen LogP contribution is 2.23. The van der Waals surface area contributed by atoms with E-state index in [1.165, 1.54) is 6.26 Å². The van der Waals surface area contributed by atoms with Gasteiger partial charge in [-0.15, -0.1) is 0 Å². The smallest absolute Gasteiger partial charge is 0.291 e. The van der Waals surface area contributed by atoms with Gasteiger partial charge in [0.1, 0.15) is 0 Å². The molecule has 0 saturated heterocycles. The molecule has 1 heterocycles. The van der Waals surface area contributed by atoms with Crippen LogP contribution in [0.5, 0.6) is 0 Å². The maximum atomic E-state index is 11.7. The molecule has 0 atom stereocenters. The molecule has 1 N–H and O–H groups in total. The fraction of sp³-hybridized carbons (Fsp3) is 0. The van der Waals surface area contributed by atoms with E-state index in [2.05, 4.69) is 21.2 Å². The Morgan fingerprint density at radius 3 is 2.82 bits per heavy atom. The number of benzene rings is 1. The van der Waals surface area contributed by atoms with Crippen LogP contribution >= 0.6 is 15.9 Å². The number of nitrogens with zero attached hydrogens (tertiary/aromatic N) is 1. The Bertz CT molecular complexity index is 585. The van der Waals surface area contributed by atoms with Crippen molar-refractivity contribution in [2.24, 2.45) is 0 Å². The summed E-state index contributed by atoms with van der Waals surface area (Å²) in [7, 11) is 0. The minimum absolute atomic E-state index is 0.237. The molecule has 2 rings (SSSR count). The predicted molar refractivity (Wildman–Crippen MR) is 65.5 cm³/mol. The molecule has 5 heteroatoms. The molecular formula is C12H7BrN2O2. The molecule has 2 aromatic rings. The van der Waals surface area contributed by atoms with Gasteiger partial charge in [0.2, 0.25) is 0 Å². The van der Waals surface area contributed by atoms with Crippen molar-refractivity contribution in [1.29, 1.82) is 5.26 Å². The lowest BCUT2D eigenvalue weighted by Crippen LogP contribution is -2.11. The van der Waals surface area contributed by atoms with E-state index in [9.17, 15) is 4.79 Å². The summed E-state index contributed by atoms with van der Waals surface area (Å²) in [4.78, 5) is 11.7. The standard InChI is InChI=1S/C12H7BrN2O2/c13-9-6-8(7-14)3-4-10(9)15-12(16)11-2-1-5-17-11/h1-6H,(H,15,16). The average Bonchev–Trinajstić information content (AvgIpc) is 2.85. The molecule has 4 nitrogen and oxygen atoms in total. The van der Waals surface area contributed by atoms with Crippen LogP contribution in [0.25, 0.3) is 0 Å². The van der Waals surface area contributed by atoms with E-state index >= 15 is 0 Å². The molecule has 0 aliphatic heterocycles. The zero-order valence-corrected chi connectivity index (χ0v) is 10.2. The van der Waals surface area contributed by atoms with Gasteiger partial charge in [0.25, 0.3) is 5.91 Å². The number of carbonyl (C=O) groups excluding carboxylic acids is 1. The maximum Gasteiger partial charge on any atom is 0.291 e. The van der Waals surface area contributed by atoms with Gasteiger partial charge in [-0.25, -0.2) is 0 Å². The summed E-state index contributed by atoms with van der Waals surface area (Å²) in [6, 6.07) is 10.2. The molecule has 0 aliphatic rings. The zero-order valence-electron chi connectivity index (χ0n) is 8.61. The van der Waals surface area contributed by atoms with Crippen molar-refractivity contribution >= 4 is 27.5 Å². The molecule has 84 valence electrons. The average molecular weight is 291 g/mol. The predicted octanol–water partition coefficient (Wildman–Crippen LogP) is 3.17. The summed E-state index contributed by atoms with van der Waals surface area (Å²) in [6.07, 6.45) is 1.43. The Balaban J connectivity index is 2.20. The van der Waals surface area contributed by atoms with Gasteiger partial charge < -0.3 is 9.73 Å². The number of nitriles is 1. The lowest BCUT2D eigenvalue weighted by atomic mass is 10.2. The second kappa shape index (κ2) is 4.85. The summed E-state index contributed by atoms with van der Waals surface area (Å²) >= 11 is 3.28. The zero-order chi connectivity index (χ0) is 12.3. The lowest BCUT2D eigenvalue weighted by molar-refractivity contribution is 0.0996. The Kier molecular flexibility index (Phi) is 3.26. The van der Waals surface area contributed by atoms with Crippen LogP contribution in [-0.4, -0.2) is 5.91 Å². The third-order valence-electron chi connectivity index (χ3n) is 2.09. The lowest BCUT2D eigenvalue weighted by Gasteiger charge is -2.05. The minimum atomic E-state index is -0.333. The first kappa shape index (κ1) is 11.4. The number of hydrogen-bond acceptors (Lipinski definition) is 3. The summed E-state index contributed by atoms with van der Waals surface area (Å²) < 4.78 is 5.62. The normalized spacial score (nSPS) is 9.65. The summed E-state index contributed by atoms with van der Waals surface area (Å²) in [5, 5.41) is 11.4.